The van der Waals surface area contributed by atoms with E-state index in [1.807, 2.05) is 6.07 Å². The molecular formula is C22H26Cl2N4. The van der Waals surface area contributed by atoms with Gasteiger partial charge in [0.15, 0.2) is 0 Å². The molecule has 1 aliphatic rings. The number of halogens is 2. The SMILES string of the molecule is NC(/C=C\Nc1ccc(Cl)c(Cl)c1)=NC1CCN(CCc2ccccc2)CC1. The van der Waals surface area contributed by atoms with E-state index in [2.05, 4.69) is 45.5 Å². The van der Waals surface area contributed by atoms with E-state index in [4.69, 9.17) is 28.9 Å². The summed E-state index contributed by atoms with van der Waals surface area (Å²) >= 11 is 11.9. The summed E-state index contributed by atoms with van der Waals surface area (Å²) in [6, 6.07) is 16.3. The average molecular weight is 417 g/mol. The van der Waals surface area contributed by atoms with Gasteiger partial charge in [-0.2, -0.15) is 0 Å². The van der Waals surface area contributed by atoms with Crippen LogP contribution in [0.25, 0.3) is 0 Å². The molecule has 0 aromatic heterocycles. The van der Waals surface area contributed by atoms with Gasteiger partial charge in [0.2, 0.25) is 0 Å². The first kappa shape index (κ1) is 20.7. The molecule has 1 aliphatic heterocycles. The van der Waals surface area contributed by atoms with Crippen LogP contribution in [-0.4, -0.2) is 36.4 Å². The molecule has 4 nitrogen and oxygen atoms in total. The summed E-state index contributed by atoms with van der Waals surface area (Å²) in [5, 5.41) is 4.18. The van der Waals surface area contributed by atoms with Gasteiger partial charge in [-0.25, -0.2) is 0 Å². The highest BCUT2D eigenvalue weighted by Gasteiger charge is 2.18. The van der Waals surface area contributed by atoms with Crippen LogP contribution in [0.3, 0.4) is 0 Å². The van der Waals surface area contributed by atoms with Gasteiger partial charge in [0, 0.05) is 31.5 Å². The Labute approximate surface area is 177 Å². The summed E-state index contributed by atoms with van der Waals surface area (Å²) in [6.07, 6.45) is 6.74. The largest absolute Gasteiger partial charge is 0.384 e. The molecule has 0 saturated carbocycles. The number of anilines is 1. The Bertz CT molecular complexity index is 813. The maximum absolute atomic E-state index is 6.05. The standard InChI is InChI=1S/C22H26Cl2N4/c23-20-7-6-19(16-21(20)24)26-12-8-22(25)27-18-10-14-28(15-11-18)13-9-17-4-2-1-3-5-17/h1-8,12,16,18,26H,9-11,13-15H2,(H2,25,27)/b12-8-. The normalized spacial score (nSPS) is 16.6. The van der Waals surface area contributed by atoms with Gasteiger partial charge in [0.25, 0.3) is 0 Å². The lowest BCUT2D eigenvalue weighted by Gasteiger charge is -2.30. The Morgan fingerprint density at radius 1 is 1.11 bits per heavy atom. The molecule has 6 heteroatoms. The van der Waals surface area contributed by atoms with E-state index in [1.165, 1.54) is 5.56 Å². The Morgan fingerprint density at radius 3 is 2.57 bits per heavy atom. The Hall–Kier alpha value is -2.01. The fourth-order valence-electron chi connectivity index (χ4n) is 3.27. The zero-order valence-electron chi connectivity index (χ0n) is 15.8. The van der Waals surface area contributed by atoms with Crippen LogP contribution in [0.4, 0.5) is 5.69 Å². The second-order valence-corrected chi connectivity index (χ2v) is 7.78. The van der Waals surface area contributed by atoms with Crippen molar-refractivity contribution in [2.45, 2.75) is 25.3 Å². The Morgan fingerprint density at radius 2 is 1.86 bits per heavy atom. The third kappa shape index (κ3) is 6.55. The molecule has 1 fully saturated rings. The van der Waals surface area contributed by atoms with Crippen LogP contribution in [0.1, 0.15) is 18.4 Å². The van der Waals surface area contributed by atoms with Gasteiger partial charge in [-0.3, -0.25) is 4.99 Å². The fraction of sp³-hybridized carbons (Fsp3) is 0.318. The summed E-state index contributed by atoms with van der Waals surface area (Å²) in [5.41, 5.74) is 8.30. The third-order valence-electron chi connectivity index (χ3n) is 4.87. The van der Waals surface area contributed by atoms with E-state index in [9.17, 15) is 0 Å². The number of nitrogens with two attached hydrogens (primary N) is 1. The van der Waals surface area contributed by atoms with Crippen molar-refractivity contribution in [1.82, 2.24) is 4.90 Å². The number of nitrogens with zero attached hydrogens (tertiary/aromatic N) is 2. The monoisotopic (exact) mass is 416 g/mol. The molecule has 0 spiro atoms. The summed E-state index contributed by atoms with van der Waals surface area (Å²) in [6.45, 7) is 3.24. The van der Waals surface area contributed by atoms with Crippen molar-refractivity contribution < 1.29 is 0 Å². The third-order valence-corrected chi connectivity index (χ3v) is 5.61. The van der Waals surface area contributed by atoms with Gasteiger partial charge in [-0.05, 0) is 49.1 Å². The number of hydrogen-bond donors (Lipinski definition) is 2. The van der Waals surface area contributed by atoms with Gasteiger partial charge in [0.05, 0.1) is 16.1 Å². The molecule has 0 atom stereocenters. The average Bonchev–Trinajstić information content (AvgIpc) is 2.71. The van der Waals surface area contributed by atoms with E-state index in [0.29, 0.717) is 21.9 Å². The van der Waals surface area contributed by atoms with Crippen LogP contribution in [0.5, 0.6) is 0 Å². The number of benzene rings is 2. The topological polar surface area (TPSA) is 53.6 Å². The van der Waals surface area contributed by atoms with Crippen molar-refractivity contribution in [3.63, 3.8) is 0 Å². The van der Waals surface area contributed by atoms with Gasteiger partial charge in [0.1, 0.15) is 5.84 Å². The number of nitrogens with one attached hydrogen (secondary N) is 1. The smallest absolute Gasteiger partial charge is 0.119 e. The van der Waals surface area contributed by atoms with Gasteiger partial charge in [-0.15, -0.1) is 0 Å². The molecule has 1 heterocycles. The molecule has 0 bridgehead atoms. The molecule has 3 N–H and O–H groups in total. The van der Waals surface area contributed by atoms with Crippen molar-refractivity contribution in [3.05, 3.63) is 76.4 Å². The minimum atomic E-state index is 0.294. The van der Waals surface area contributed by atoms with E-state index in [-0.39, 0.29) is 0 Å². The van der Waals surface area contributed by atoms with Gasteiger partial charge >= 0.3 is 0 Å². The summed E-state index contributed by atoms with van der Waals surface area (Å²) in [5.74, 6) is 0.537. The van der Waals surface area contributed by atoms with Crippen molar-refractivity contribution in [2.24, 2.45) is 10.7 Å². The van der Waals surface area contributed by atoms with E-state index in [0.717, 1.165) is 44.6 Å². The molecule has 28 heavy (non-hydrogen) atoms. The van der Waals surface area contributed by atoms with Crippen LogP contribution in [0, 0.1) is 0 Å². The van der Waals surface area contributed by atoms with Crippen LogP contribution in [-0.2, 0) is 6.42 Å². The fourth-order valence-corrected chi connectivity index (χ4v) is 3.57. The predicted molar refractivity (Wildman–Crippen MR) is 120 cm³/mol. The zero-order chi connectivity index (χ0) is 19.8. The number of hydrogen-bond acceptors (Lipinski definition) is 3. The molecule has 0 radical (unpaired) electrons. The molecule has 0 unspecified atom stereocenters. The molecule has 2 aromatic carbocycles. The molecule has 3 rings (SSSR count). The first-order chi connectivity index (χ1) is 13.6. The van der Waals surface area contributed by atoms with Gasteiger partial charge in [-0.1, -0.05) is 53.5 Å². The Kier molecular flexibility index (Phi) is 7.78. The maximum atomic E-state index is 6.05. The second kappa shape index (κ2) is 10.5. The predicted octanol–water partition coefficient (Wildman–Crippen LogP) is 4.98. The quantitative estimate of drug-likeness (QED) is 0.493. The second-order valence-electron chi connectivity index (χ2n) is 6.97. The van der Waals surface area contributed by atoms with E-state index >= 15 is 0 Å². The number of amidine groups is 1. The molecule has 2 aromatic rings. The van der Waals surface area contributed by atoms with Crippen LogP contribution in [0.15, 0.2) is 65.8 Å². The molecule has 1 saturated heterocycles. The zero-order valence-corrected chi connectivity index (χ0v) is 17.3. The molecule has 0 aliphatic carbocycles. The number of likely N-dealkylation sites (tertiary alicyclic amines) is 1. The minimum absolute atomic E-state index is 0.294. The lowest BCUT2D eigenvalue weighted by molar-refractivity contribution is 0.216. The lowest BCUT2D eigenvalue weighted by atomic mass is 10.0. The summed E-state index contributed by atoms with van der Waals surface area (Å²) in [7, 11) is 0. The van der Waals surface area contributed by atoms with Crippen LogP contribution < -0.4 is 11.1 Å². The molecular weight excluding hydrogens is 391 g/mol. The highest BCUT2D eigenvalue weighted by molar-refractivity contribution is 6.42. The minimum Gasteiger partial charge on any atom is -0.384 e. The highest BCUT2D eigenvalue weighted by Crippen LogP contribution is 2.24. The Balaban J connectivity index is 1.41. The lowest BCUT2D eigenvalue weighted by Crippen LogP contribution is -2.37. The molecule has 148 valence electrons. The number of aliphatic imine (C=N–C) groups is 1. The maximum Gasteiger partial charge on any atom is 0.119 e. The number of piperidine rings is 1. The van der Waals surface area contributed by atoms with Crippen molar-refractivity contribution in [2.75, 3.05) is 25.0 Å². The summed E-state index contributed by atoms with van der Waals surface area (Å²) < 4.78 is 0. The van der Waals surface area contributed by atoms with Crippen LogP contribution >= 0.6 is 23.2 Å². The first-order valence-electron chi connectivity index (χ1n) is 9.58. The van der Waals surface area contributed by atoms with Crippen LogP contribution in [0.2, 0.25) is 10.0 Å². The highest BCUT2D eigenvalue weighted by atomic mass is 35.5. The summed E-state index contributed by atoms with van der Waals surface area (Å²) in [4.78, 5) is 7.16. The van der Waals surface area contributed by atoms with E-state index in [1.54, 1.807) is 24.4 Å². The van der Waals surface area contributed by atoms with Crippen molar-refractivity contribution in [1.29, 1.82) is 0 Å². The number of rotatable bonds is 7. The molecule has 0 amide bonds. The van der Waals surface area contributed by atoms with Crippen molar-refractivity contribution >= 4 is 34.7 Å². The van der Waals surface area contributed by atoms with Crippen molar-refractivity contribution in [3.8, 4) is 0 Å². The van der Waals surface area contributed by atoms with E-state index < -0.39 is 0 Å². The first-order valence-corrected chi connectivity index (χ1v) is 10.3. The van der Waals surface area contributed by atoms with Gasteiger partial charge < -0.3 is 16.0 Å².